The van der Waals surface area contributed by atoms with Crippen LogP contribution in [0.1, 0.15) is 88.2 Å². The van der Waals surface area contributed by atoms with Crippen molar-refractivity contribution in [2.75, 3.05) is 52.5 Å². The highest BCUT2D eigenvalue weighted by atomic mass is 32.1. The number of nitrogens with one attached hydrogen (secondary N) is 1. The number of hydrogen-bond acceptors (Lipinski definition) is 8. The number of nitrogens with zero attached hydrogens (tertiary/aromatic N) is 4. The molecule has 3 aliphatic carbocycles. The van der Waals surface area contributed by atoms with E-state index in [1.807, 2.05) is 16.7 Å². The first kappa shape index (κ1) is 32.6. The molecule has 5 saturated heterocycles. The van der Waals surface area contributed by atoms with Crippen LogP contribution < -0.4 is 5.32 Å². The molecule has 3 saturated carbocycles. The Bertz CT molecular complexity index is 1420. The largest absolute Gasteiger partial charge is 0.378 e. The van der Waals surface area contributed by atoms with E-state index in [1.54, 1.807) is 16.6 Å². The van der Waals surface area contributed by atoms with Crippen molar-refractivity contribution in [3.63, 3.8) is 0 Å². The monoisotopic (exact) mass is 681 g/mol. The molecule has 4 amide bonds. The van der Waals surface area contributed by atoms with E-state index in [4.69, 9.17) is 9.47 Å². The van der Waals surface area contributed by atoms with Gasteiger partial charge in [-0.25, -0.2) is 0 Å². The number of amides is 4. The van der Waals surface area contributed by atoms with Gasteiger partial charge in [-0.05, 0) is 75.5 Å². The third-order valence-corrected chi connectivity index (χ3v) is 14.2. The summed E-state index contributed by atoms with van der Waals surface area (Å²) in [4.78, 5) is 65.7. The highest BCUT2D eigenvalue weighted by Crippen LogP contribution is 2.55. The quantitative estimate of drug-likeness (QED) is 0.425. The Morgan fingerprint density at radius 1 is 1.00 bits per heavy atom. The molecule has 1 aromatic rings. The first-order valence-corrected chi connectivity index (χ1v) is 19.1. The Balaban J connectivity index is 1.00. The molecule has 5 aliphatic heterocycles. The number of piperidine rings is 1. The molecule has 8 fully saturated rings. The lowest BCUT2D eigenvalue weighted by Gasteiger charge is -2.50. The molecule has 262 valence electrons. The zero-order valence-electron chi connectivity index (χ0n) is 28.7. The van der Waals surface area contributed by atoms with Crippen LogP contribution in [0.15, 0.2) is 11.7 Å². The number of likely N-dealkylation sites (tertiary alicyclic amines) is 3. The summed E-state index contributed by atoms with van der Waals surface area (Å²) in [6.45, 7) is 10.2. The number of carbonyl (C=O) groups excluding carboxylic acids is 4. The van der Waals surface area contributed by atoms with Gasteiger partial charge in [0.1, 0.15) is 10.9 Å². The molecule has 11 nitrogen and oxygen atoms in total. The van der Waals surface area contributed by atoms with Crippen LogP contribution in [0.25, 0.3) is 0 Å². The summed E-state index contributed by atoms with van der Waals surface area (Å²) in [6.07, 6.45) is 11.0. The van der Waals surface area contributed by atoms with Gasteiger partial charge in [0.15, 0.2) is 0 Å². The van der Waals surface area contributed by atoms with Crippen LogP contribution in [0.3, 0.4) is 0 Å². The van der Waals surface area contributed by atoms with Crippen molar-refractivity contribution in [1.82, 2.24) is 25.0 Å². The molecule has 8 aliphatic rings. The minimum Gasteiger partial charge on any atom is -0.378 e. The van der Waals surface area contributed by atoms with Crippen LogP contribution >= 0.6 is 11.3 Å². The fourth-order valence-corrected chi connectivity index (χ4v) is 9.96. The zero-order valence-corrected chi connectivity index (χ0v) is 29.5. The van der Waals surface area contributed by atoms with Gasteiger partial charge in [-0.2, -0.15) is 0 Å². The predicted octanol–water partition coefficient (Wildman–Crippen LogP) is 3.34. The Labute approximate surface area is 287 Å². The average molecular weight is 682 g/mol. The lowest BCUT2D eigenvalue weighted by Crippen LogP contribution is -2.65. The molecule has 1 aromatic heterocycles. The summed E-state index contributed by atoms with van der Waals surface area (Å²) in [5, 5.41) is 3.19. The zero-order chi connectivity index (χ0) is 33.5. The number of aromatic nitrogens is 1. The van der Waals surface area contributed by atoms with Gasteiger partial charge in [-0.3, -0.25) is 24.2 Å². The molecule has 2 bridgehead atoms. The van der Waals surface area contributed by atoms with Gasteiger partial charge < -0.3 is 29.5 Å². The first-order chi connectivity index (χ1) is 22.9. The van der Waals surface area contributed by atoms with Crippen LogP contribution in [0.4, 0.5) is 0 Å². The maximum Gasteiger partial charge on any atom is 0.265 e. The summed E-state index contributed by atoms with van der Waals surface area (Å²) >= 11 is 1.29. The highest BCUT2D eigenvalue weighted by molar-refractivity contribution is 7.11. The van der Waals surface area contributed by atoms with Crippen LogP contribution in [-0.4, -0.2) is 114 Å². The van der Waals surface area contributed by atoms with Gasteiger partial charge in [0.05, 0.1) is 43.0 Å². The fourth-order valence-electron chi connectivity index (χ4n) is 9.37. The van der Waals surface area contributed by atoms with E-state index < -0.39 is 23.5 Å². The smallest absolute Gasteiger partial charge is 0.265 e. The van der Waals surface area contributed by atoms with Crippen molar-refractivity contribution in [2.24, 2.45) is 33.5 Å². The molecular formula is C36H51N5O6S. The average Bonchev–Trinajstić information content (AvgIpc) is 3.77. The van der Waals surface area contributed by atoms with Gasteiger partial charge in [0.2, 0.25) is 17.7 Å². The SMILES string of the molecule is C[C@@H](OCC12CCC(CC1)OC2)[C@H](NC(=O)[C@@H]1CN(C(=O)c2cncs2)CC12CN(C(=O)[C@H]1CC1(C)C)C2)C(=O)N1CCC2(CC1)CC2. The van der Waals surface area contributed by atoms with Gasteiger partial charge in [0.25, 0.3) is 5.91 Å². The molecule has 0 unspecified atom stereocenters. The lowest BCUT2D eigenvalue weighted by atomic mass is 9.70. The van der Waals surface area contributed by atoms with Crippen LogP contribution in [-0.2, 0) is 23.9 Å². The van der Waals surface area contributed by atoms with Crippen LogP contribution in [0, 0.1) is 33.5 Å². The molecule has 0 radical (unpaired) electrons. The lowest BCUT2D eigenvalue weighted by molar-refractivity contribution is -0.160. The Morgan fingerprint density at radius 3 is 2.27 bits per heavy atom. The normalized spacial score (nSPS) is 33.3. The maximum atomic E-state index is 14.5. The predicted molar refractivity (Wildman–Crippen MR) is 178 cm³/mol. The van der Waals surface area contributed by atoms with E-state index >= 15 is 0 Å². The minimum atomic E-state index is -0.837. The number of thiazole rings is 1. The van der Waals surface area contributed by atoms with E-state index in [0.717, 1.165) is 44.9 Å². The Kier molecular flexibility index (Phi) is 7.99. The molecule has 48 heavy (non-hydrogen) atoms. The van der Waals surface area contributed by atoms with E-state index in [0.29, 0.717) is 62.3 Å². The van der Waals surface area contributed by atoms with Gasteiger partial charge in [-0.1, -0.05) is 13.8 Å². The maximum absolute atomic E-state index is 14.5. The number of ether oxygens (including phenoxy) is 2. The van der Waals surface area contributed by atoms with E-state index in [2.05, 4.69) is 24.1 Å². The van der Waals surface area contributed by atoms with Crippen molar-refractivity contribution < 1.29 is 28.7 Å². The third kappa shape index (κ3) is 5.87. The molecule has 12 heteroatoms. The first-order valence-electron chi connectivity index (χ1n) is 18.2. The molecule has 9 rings (SSSR count). The highest BCUT2D eigenvalue weighted by Gasteiger charge is 2.62. The molecule has 1 N–H and O–H groups in total. The molecular weight excluding hydrogens is 630 g/mol. The molecule has 6 heterocycles. The summed E-state index contributed by atoms with van der Waals surface area (Å²) in [7, 11) is 0. The standard InChI is InChI=1S/C36H51N5O6S/c1-23(46-20-35-6-4-24(5-7-35)47-21-35)28(32(45)39-12-10-34(8-9-34)11-13-39)38-29(42)26-16-40(31(44)27-15-37-22-48-27)17-36(26)18-41(19-36)30(43)25-14-33(25,2)3/h15,22-26,28H,4-14,16-21H2,1-3H3,(H,38,42)/t23-,24?,25-,26+,28+,35?/m1/s1. The topological polar surface area (TPSA) is 121 Å². The number of fused-ring (bicyclic) bond motifs is 3. The van der Waals surface area contributed by atoms with Crippen molar-refractivity contribution in [2.45, 2.75) is 96.8 Å². The van der Waals surface area contributed by atoms with Gasteiger partial charge in [0, 0.05) is 56.0 Å². The third-order valence-electron chi connectivity index (χ3n) is 13.4. The van der Waals surface area contributed by atoms with Crippen molar-refractivity contribution in [3.8, 4) is 0 Å². The minimum absolute atomic E-state index is 0.0143. The molecule has 2 spiro atoms. The van der Waals surface area contributed by atoms with Crippen LogP contribution in [0.2, 0.25) is 0 Å². The summed E-state index contributed by atoms with van der Waals surface area (Å²) in [5.41, 5.74) is 1.48. The summed E-state index contributed by atoms with van der Waals surface area (Å²) in [5.74, 6) is -0.857. The molecule has 4 atom stereocenters. The fraction of sp³-hybridized carbons (Fsp3) is 0.806. The second-order valence-electron chi connectivity index (χ2n) is 17.2. The van der Waals surface area contributed by atoms with Gasteiger partial charge in [-0.15, -0.1) is 11.3 Å². The molecule has 0 aromatic carbocycles. The van der Waals surface area contributed by atoms with Crippen molar-refractivity contribution >= 4 is 35.0 Å². The van der Waals surface area contributed by atoms with Crippen molar-refractivity contribution in [1.29, 1.82) is 0 Å². The summed E-state index contributed by atoms with van der Waals surface area (Å²) in [6, 6.07) is -0.837. The number of carbonyl (C=O) groups is 4. The van der Waals surface area contributed by atoms with Crippen molar-refractivity contribution in [3.05, 3.63) is 16.6 Å². The second kappa shape index (κ2) is 11.8. The van der Waals surface area contributed by atoms with E-state index in [1.165, 1.54) is 24.2 Å². The number of rotatable bonds is 9. The summed E-state index contributed by atoms with van der Waals surface area (Å²) < 4.78 is 12.6. The second-order valence-corrected chi connectivity index (χ2v) is 18.1. The van der Waals surface area contributed by atoms with E-state index in [-0.39, 0.29) is 46.9 Å². The van der Waals surface area contributed by atoms with E-state index in [9.17, 15) is 19.2 Å². The number of hydrogen-bond donors (Lipinski definition) is 1. The van der Waals surface area contributed by atoms with Gasteiger partial charge >= 0.3 is 0 Å². The Hall–Kier alpha value is -2.57. The van der Waals surface area contributed by atoms with Crippen LogP contribution in [0.5, 0.6) is 0 Å². The Morgan fingerprint density at radius 2 is 1.69 bits per heavy atom.